The van der Waals surface area contributed by atoms with Crippen molar-refractivity contribution < 1.29 is 14.3 Å². The molecule has 0 saturated carbocycles. The number of carbonyl (C=O) groups excluding carboxylic acids is 2. The minimum Gasteiger partial charge on any atom is -0.450 e. The summed E-state index contributed by atoms with van der Waals surface area (Å²) in [5, 5.41) is 11.9. The molecule has 0 spiro atoms. The summed E-state index contributed by atoms with van der Waals surface area (Å²) in [6, 6.07) is 10.9. The van der Waals surface area contributed by atoms with Crippen LogP contribution in [-0.2, 0) is 9.53 Å². The van der Waals surface area contributed by atoms with E-state index in [1.165, 1.54) is 0 Å². The maximum absolute atomic E-state index is 12.2. The Kier molecular flexibility index (Phi) is 6.20. The number of nitrogens with zero attached hydrogens (tertiary/aromatic N) is 3. The molecule has 1 fully saturated rings. The first kappa shape index (κ1) is 17.3. The van der Waals surface area contributed by atoms with Gasteiger partial charge >= 0.3 is 6.09 Å². The van der Waals surface area contributed by atoms with Gasteiger partial charge in [0, 0.05) is 38.1 Å². The van der Waals surface area contributed by atoms with Gasteiger partial charge in [-0.15, -0.1) is 0 Å². The predicted octanol–water partition coefficient (Wildman–Crippen LogP) is 1.81. The van der Waals surface area contributed by atoms with Crippen molar-refractivity contribution in [1.29, 1.82) is 5.26 Å². The maximum atomic E-state index is 12.2. The van der Waals surface area contributed by atoms with Crippen molar-refractivity contribution in [2.75, 3.05) is 38.1 Å². The van der Waals surface area contributed by atoms with Gasteiger partial charge < -0.3 is 19.9 Å². The average molecular weight is 328 g/mol. The summed E-state index contributed by atoms with van der Waals surface area (Å²) in [7, 11) is 0. The Morgan fingerprint density at radius 2 is 1.92 bits per heavy atom. The molecule has 24 heavy (non-hydrogen) atoms. The third kappa shape index (κ3) is 4.74. The van der Waals surface area contributed by atoms with E-state index in [1.54, 1.807) is 42.3 Å². The minimum atomic E-state index is -0.448. The van der Waals surface area contributed by atoms with Gasteiger partial charge in [-0.3, -0.25) is 4.79 Å². The largest absolute Gasteiger partial charge is 0.450 e. The zero-order valence-electron chi connectivity index (χ0n) is 13.6. The standard InChI is InChI=1S/C17H20N4O3/c1-2-24-17(23)21-10-8-20(9-11-21)13-14(12-18)16(22)19-15-6-4-3-5-7-15/h3-7,13H,2,8-11H2,1H3,(H,19,22). The van der Waals surface area contributed by atoms with Crippen LogP contribution in [0.5, 0.6) is 0 Å². The van der Waals surface area contributed by atoms with Crippen LogP contribution in [-0.4, -0.2) is 54.6 Å². The van der Waals surface area contributed by atoms with Crippen LogP contribution in [0.3, 0.4) is 0 Å². The van der Waals surface area contributed by atoms with Crippen LogP contribution in [0.1, 0.15) is 6.92 Å². The van der Waals surface area contributed by atoms with Crippen LogP contribution in [0.2, 0.25) is 0 Å². The molecule has 1 aliphatic rings. The molecule has 2 amide bonds. The fourth-order valence-corrected chi connectivity index (χ4v) is 2.29. The normalized spacial score (nSPS) is 14.8. The van der Waals surface area contributed by atoms with Crippen LogP contribution in [0.25, 0.3) is 0 Å². The lowest BCUT2D eigenvalue weighted by molar-refractivity contribution is -0.112. The Labute approximate surface area is 141 Å². The van der Waals surface area contributed by atoms with E-state index >= 15 is 0 Å². The number of benzene rings is 1. The number of anilines is 1. The van der Waals surface area contributed by atoms with Crippen molar-refractivity contribution in [2.45, 2.75) is 6.92 Å². The van der Waals surface area contributed by atoms with Crippen molar-refractivity contribution in [3.05, 3.63) is 42.1 Å². The van der Waals surface area contributed by atoms with E-state index in [1.807, 2.05) is 17.0 Å². The molecular weight excluding hydrogens is 308 g/mol. The lowest BCUT2D eigenvalue weighted by Gasteiger charge is -2.33. The second kappa shape index (κ2) is 8.58. The van der Waals surface area contributed by atoms with Gasteiger partial charge in [-0.1, -0.05) is 18.2 Å². The highest BCUT2D eigenvalue weighted by Crippen LogP contribution is 2.10. The van der Waals surface area contributed by atoms with Gasteiger partial charge in [0.25, 0.3) is 5.91 Å². The van der Waals surface area contributed by atoms with Crippen LogP contribution in [0.15, 0.2) is 42.1 Å². The van der Waals surface area contributed by atoms with Crippen LogP contribution >= 0.6 is 0 Å². The second-order valence-electron chi connectivity index (χ2n) is 5.20. The first-order valence-electron chi connectivity index (χ1n) is 7.78. The van der Waals surface area contributed by atoms with Gasteiger partial charge in [-0.05, 0) is 19.1 Å². The van der Waals surface area contributed by atoms with Crippen LogP contribution < -0.4 is 5.32 Å². The predicted molar refractivity (Wildman–Crippen MR) is 88.9 cm³/mol. The van der Waals surface area contributed by atoms with Crippen molar-refractivity contribution in [3.63, 3.8) is 0 Å². The van der Waals surface area contributed by atoms with Gasteiger partial charge in [-0.25, -0.2) is 4.79 Å². The molecule has 126 valence electrons. The Morgan fingerprint density at radius 3 is 2.50 bits per heavy atom. The zero-order valence-corrected chi connectivity index (χ0v) is 13.6. The lowest BCUT2D eigenvalue weighted by Crippen LogP contribution is -2.47. The molecule has 0 aromatic heterocycles. The molecule has 1 saturated heterocycles. The van der Waals surface area contributed by atoms with Crippen molar-refractivity contribution in [1.82, 2.24) is 9.80 Å². The number of para-hydroxylation sites is 1. The molecule has 0 radical (unpaired) electrons. The van der Waals surface area contributed by atoms with E-state index in [4.69, 9.17) is 4.74 Å². The number of amides is 2. The van der Waals surface area contributed by atoms with Gasteiger partial charge in [0.2, 0.25) is 0 Å². The monoisotopic (exact) mass is 328 g/mol. The molecule has 7 heteroatoms. The number of ether oxygens (including phenoxy) is 1. The van der Waals surface area contributed by atoms with Gasteiger partial charge in [0.1, 0.15) is 11.6 Å². The topological polar surface area (TPSA) is 85.7 Å². The third-order valence-electron chi connectivity index (χ3n) is 3.55. The third-order valence-corrected chi connectivity index (χ3v) is 3.55. The summed E-state index contributed by atoms with van der Waals surface area (Å²) in [6.07, 6.45) is 1.21. The minimum absolute atomic E-state index is 0.0310. The number of nitrogens with one attached hydrogen (secondary N) is 1. The number of carbonyl (C=O) groups is 2. The van der Waals surface area contributed by atoms with Gasteiger partial charge in [0.05, 0.1) is 6.61 Å². The molecule has 0 unspecified atom stereocenters. The molecule has 1 heterocycles. The highest BCUT2D eigenvalue weighted by molar-refractivity contribution is 6.06. The van der Waals surface area contributed by atoms with Gasteiger partial charge in [-0.2, -0.15) is 5.26 Å². The Hall–Kier alpha value is -3.01. The number of piperazine rings is 1. The molecule has 1 aromatic rings. The van der Waals surface area contributed by atoms with E-state index in [2.05, 4.69) is 5.32 Å². The summed E-state index contributed by atoms with van der Waals surface area (Å²) in [4.78, 5) is 27.3. The number of hydrogen-bond acceptors (Lipinski definition) is 5. The number of nitriles is 1. The number of hydrogen-bond donors (Lipinski definition) is 1. The van der Waals surface area contributed by atoms with E-state index in [0.717, 1.165) is 0 Å². The fraction of sp³-hybridized carbons (Fsp3) is 0.353. The van der Waals surface area contributed by atoms with E-state index in [0.29, 0.717) is 38.5 Å². The van der Waals surface area contributed by atoms with Crippen LogP contribution in [0, 0.1) is 11.3 Å². The van der Waals surface area contributed by atoms with Crippen molar-refractivity contribution in [2.24, 2.45) is 0 Å². The lowest BCUT2D eigenvalue weighted by atomic mass is 10.2. The van der Waals surface area contributed by atoms with E-state index in [-0.39, 0.29) is 11.7 Å². The summed E-state index contributed by atoms with van der Waals surface area (Å²) in [5.41, 5.74) is 0.666. The summed E-state index contributed by atoms with van der Waals surface area (Å²) < 4.78 is 4.96. The van der Waals surface area contributed by atoms with E-state index < -0.39 is 5.91 Å². The Balaban J connectivity index is 1.93. The quantitative estimate of drug-likeness (QED) is 0.673. The molecule has 1 N–H and O–H groups in total. The first-order valence-corrected chi connectivity index (χ1v) is 7.78. The second-order valence-corrected chi connectivity index (χ2v) is 5.20. The average Bonchev–Trinajstić information content (AvgIpc) is 2.61. The first-order chi connectivity index (χ1) is 11.6. The molecule has 0 aliphatic carbocycles. The molecule has 1 aliphatic heterocycles. The fourth-order valence-electron chi connectivity index (χ4n) is 2.29. The van der Waals surface area contributed by atoms with Crippen LogP contribution in [0.4, 0.5) is 10.5 Å². The molecular formula is C17H20N4O3. The molecule has 2 rings (SSSR count). The molecule has 1 aromatic carbocycles. The maximum Gasteiger partial charge on any atom is 0.409 e. The van der Waals surface area contributed by atoms with Crippen molar-refractivity contribution in [3.8, 4) is 6.07 Å². The SMILES string of the molecule is CCOC(=O)N1CCN(C=C(C#N)C(=O)Nc2ccccc2)CC1. The highest BCUT2D eigenvalue weighted by atomic mass is 16.6. The Morgan fingerprint density at radius 1 is 1.25 bits per heavy atom. The smallest absolute Gasteiger partial charge is 0.409 e. The van der Waals surface area contributed by atoms with Gasteiger partial charge in [0.15, 0.2) is 0 Å². The Bertz CT molecular complexity index is 644. The van der Waals surface area contributed by atoms with E-state index in [9.17, 15) is 14.9 Å². The molecule has 0 bridgehead atoms. The summed E-state index contributed by atoms with van der Waals surface area (Å²) >= 11 is 0. The summed E-state index contributed by atoms with van der Waals surface area (Å²) in [5.74, 6) is -0.448. The molecule has 0 atom stereocenters. The number of rotatable bonds is 4. The van der Waals surface area contributed by atoms with Crippen molar-refractivity contribution >= 4 is 17.7 Å². The molecule has 7 nitrogen and oxygen atoms in total. The highest BCUT2D eigenvalue weighted by Gasteiger charge is 2.21. The zero-order chi connectivity index (χ0) is 17.4. The summed E-state index contributed by atoms with van der Waals surface area (Å²) in [6.45, 7) is 4.19.